The summed E-state index contributed by atoms with van der Waals surface area (Å²) in [6.45, 7) is 0. The number of halogens is 2. The number of rotatable bonds is 5. The van der Waals surface area contributed by atoms with E-state index in [1.165, 1.54) is 0 Å². The Kier molecular flexibility index (Phi) is 5.34. The van der Waals surface area contributed by atoms with Gasteiger partial charge in [0.25, 0.3) is 0 Å². The molecule has 7 heteroatoms. The summed E-state index contributed by atoms with van der Waals surface area (Å²) in [7, 11) is 1.63. The van der Waals surface area contributed by atoms with E-state index in [1.54, 1.807) is 19.2 Å². The van der Waals surface area contributed by atoms with Crippen LogP contribution in [0.5, 0.6) is 5.75 Å². The first-order valence-electron chi connectivity index (χ1n) is 8.86. The normalized spacial score (nSPS) is 10.7. The van der Waals surface area contributed by atoms with E-state index in [0.717, 1.165) is 33.7 Å². The minimum absolute atomic E-state index is 0.475. The third-order valence-electron chi connectivity index (χ3n) is 4.44. The van der Waals surface area contributed by atoms with Gasteiger partial charge in [0.1, 0.15) is 11.6 Å². The van der Waals surface area contributed by atoms with Crippen LogP contribution in [-0.2, 0) is 0 Å². The topological polar surface area (TPSA) is 72.2 Å². The smallest absolute Gasteiger partial charge is 0.133 e. The molecule has 0 spiro atoms. The molecule has 0 aliphatic rings. The van der Waals surface area contributed by atoms with Crippen molar-refractivity contribution in [3.05, 3.63) is 76.8 Å². The third kappa shape index (κ3) is 4.16. The molecule has 0 aliphatic carbocycles. The Hall–Kier alpha value is -3.15. The molecule has 0 aliphatic heterocycles. The van der Waals surface area contributed by atoms with Gasteiger partial charge in [0.05, 0.1) is 39.7 Å². The molecule has 0 unspecified atom stereocenters. The van der Waals surface area contributed by atoms with Crippen molar-refractivity contribution < 1.29 is 4.74 Å². The quantitative estimate of drug-likeness (QED) is 0.314. The molecule has 3 aromatic carbocycles. The van der Waals surface area contributed by atoms with Gasteiger partial charge in [-0.15, -0.1) is 0 Å². The zero-order valence-electron chi connectivity index (χ0n) is 15.5. The van der Waals surface area contributed by atoms with Crippen molar-refractivity contribution in [2.45, 2.75) is 0 Å². The maximum absolute atomic E-state index is 6.17. The summed E-state index contributed by atoms with van der Waals surface area (Å²) in [6.07, 6.45) is 0. The fourth-order valence-corrected chi connectivity index (χ4v) is 3.28. The lowest BCUT2D eigenvalue weighted by molar-refractivity contribution is 0.415. The number of fused-ring (bicyclic) bond motifs is 1. The molecule has 0 atom stereocenters. The molecule has 0 saturated heterocycles. The molecule has 0 bridgehead atoms. The Morgan fingerprint density at radius 2 is 1.69 bits per heavy atom. The molecule has 0 saturated carbocycles. The molecule has 29 heavy (non-hydrogen) atoms. The number of hydrogen-bond donors (Lipinski definition) is 3. The van der Waals surface area contributed by atoms with Gasteiger partial charge < -0.3 is 21.1 Å². The predicted octanol–water partition coefficient (Wildman–Crippen LogP) is 6.62. The number of methoxy groups -OCH3 is 1. The SMILES string of the molecule is COc1ccc2nc(Nc3ccccc3N)cc(Nc3ccc(Cl)c(Cl)c3)c2c1. The fourth-order valence-electron chi connectivity index (χ4n) is 2.98. The minimum Gasteiger partial charge on any atom is -0.497 e. The third-order valence-corrected chi connectivity index (χ3v) is 5.18. The number of nitrogens with one attached hydrogen (secondary N) is 2. The van der Waals surface area contributed by atoms with Crippen molar-refractivity contribution in [2.75, 3.05) is 23.5 Å². The van der Waals surface area contributed by atoms with Gasteiger partial charge in [0.2, 0.25) is 0 Å². The number of anilines is 5. The van der Waals surface area contributed by atoms with Gasteiger partial charge in [0.15, 0.2) is 0 Å². The van der Waals surface area contributed by atoms with E-state index >= 15 is 0 Å². The van der Waals surface area contributed by atoms with Crippen molar-refractivity contribution in [2.24, 2.45) is 0 Å². The zero-order valence-corrected chi connectivity index (χ0v) is 17.1. The summed E-state index contributed by atoms with van der Waals surface area (Å²) in [4.78, 5) is 4.71. The first kappa shape index (κ1) is 19.2. The second-order valence-electron chi connectivity index (χ2n) is 6.40. The second kappa shape index (κ2) is 8.07. The van der Waals surface area contributed by atoms with Gasteiger partial charge in [-0.3, -0.25) is 0 Å². The number of para-hydroxylation sites is 2. The molecule has 1 aromatic heterocycles. The van der Waals surface area contributed by atoms with Crippen LogP contribution in [0.3, 0.4) is 0 Å². The number of hydrogen-bond acceptors (Lipinski definition) is 5. The average molecular weight is 425 g/mol. The van der Waals surface area contributed by atoms with E-state index in [2.05, 4.69) is 10.6 Å². The van der Waals surface area contributed by atoms with E-state index in [1.807, 2.05) is 54.6 Å². The molecular formula is C22H18Cl2N4O. The summed E-state index contributed by atoms with van der Waals surface area (Å²) in [5.74, 6) is 1.40. The van der Waals surface area contributed by atoms with E-state index in [9.17, 15) is 0 Å². The average Bonchev–Trinajstić information content (AvgIpc) is 2.72. The Morgan fingerprint density at radius 1 is 0.862 bits per heavy atom. The van der Waals surface area contributed by atoms with Gasteiger partial charge in [-0.2, -0.15) is 0 Å². The maximum atomic E-state index is 6.17. The lowest BCUT2D eigenvalue weighted by Crippen LogP contribution is -2.00. The monoisotopic (exact) mass is 424 g/mol. The molecule has 5 nitrogen and oxygen atoms in total. The number of ether oxygens (including phenoxy) is 1. The number of pyridine rings is 1. The van der Waals surface area contributed by atoms with Gasteiger partial charge >= 0.3 is 0 Å². The number of nitrogens with zero attached hydrogens (tertiary/aromatic N) is 1. The van der Waals surface area contributed by atoms with Gasteiger partial charge in [-0.05, 0) is 48.5 Å². The molecule has 0 amide bonds. The highest BCUT2D eigenvalue weighted by molar-refractivity contribution is 6.42. The fraction of sp³-hybridized carbons (Fsp3) is 0.0455. The van der Waals surface area contributed by atoms with Crippen LogP contribution in [0.1, 0.15) is 0 Å². The first-order valence-corrected chi connectivity index (χ1v) is 9.61. The molecule has 146 valence electrons. The van der Waals surface area contributed by atoms with Gasteiger partial charge in [-0.1, -0.05) is 35.3 Å². The van der Waals surface area contributed by atoms with Crippen LogP contribution >= 0.6 is 23.2 Å². The number of aromatic nitrogens is 1. The highest BCUT2D eigenvalue weighted by atomic mass is 35.5. The van der Waals surface area contributed by atoms with Crippen molar-refractivity contribution in [1.29, 1.82) is 0 Å². The Morgan fingerprint density at radius 3 is 2.45 bits per heavy atom. The summed E-state index contributed by atoms with van der Waals surface area (Å²) in [5.41, 5.74) is 9.93. The summed E-state index contributed by atoms with van der Waals surface area (Å²) in [5, 5.41) is 8.56. The molecule has 0 fully saturated rings. The van der Waals surface area contributed by atoms with Crippen molar-refractivity contribution >= 4 is 62.7 Å². The van der Waals surface area contributed by atoms with Crippen molar-refractivity contribution in [3.63, 3.8) is 0 Å². The Balaban J connectivity index is 1.80. The van der Waals surface area contributed by atoms with Crippen LogP contribution < -0.4 is 21.1 Å². The molecule has 4 rings (SSSR count). The molecule has 4 aromatic rings. The lowest BCUT2D eigenvalue weighted by Gasteiger charge is -2.15. The maximum Gasteiger partial charge on any atom is 0.133 e. The summed E-state index contributed by atoms with van der Waals surface area (Å²) >= 11 is 12.2. The van der Waals surface area contributed by atoms with E-state index < -0.39 is 0 Å². The molecular weight excluding hydrogens is 407 g/mol. The van der Waals surface area contributed by atoms with Crippen molar-refractivity contribution in [3.8, 4) is 5.75 Å². The molecule has 1 heterocycles. The van der Waals surface area contributed by atoms with Crippen LogP contribution in [0.25, 0.3) is 10.9 Å². The van der Waals surface area contributed by atoms with Gasteiger partial charge in [-0.25, -0.2) is 4.98 Å². The molecule has 4 N–H and O–H groups in total. The van der Waals surface area contributed by atoms with Gasteiger partial charge in [0, 0.05) is 17.1 Å². The van der Waals surface area contributed by atoms with Crippen LogP contribution in [0, 0.1) is 0 Å². The van der Waals surface area contributed by atoms with E-state index in [4.69, 9.17) is 38.7 Å². The predicted molar refractivity (Wildman–Crippen MR) is 122 cm³/mol. The van der Waals surface area contributed by atoms with E-state index in [0.29, 0.717) is 21.6 Å². The number of benzene rings is 3. The highest BCUT2D eigenvalue weighted by Gasteiger charge is 2.10. The number of nitrogens with two attached hydrogens (primary N) is 1. The van der Waals surface area contributed by atoms with Crippen LogP contribution in [-0.4, -0.2) is 12.1 Å². The molecule has 0 radical (unpaired) electrons. The standard InChI is InChI=1S/C22H18Cl2N4O/c1-29-14-7-9-19-15(11-14)21(26-13-6-8-16(23)17(24)10-13)12-22(27-19)28-20-5-3-2-4-18(20)25/h2-12H,25H2,1H3,(H2,26,27,28). The Bertz CT molecular complexity index is 1200. The largest absolute Gasteiger partial charge is 0.497 e. The van der Waals surface area contributed by atoms with Crippen LogP contribution in [0.15, 0.2) is 66.7 Å². The first-order chi connectivity index (χ1) is 14.0. The van der Waals surface area contributed by atoms with Crippen LogP contribution in [0.4, 0.5) is 28.6 Å². The zero-order chi connectivity index (χ0) is 20.4. The van der Waals surface area contributed by atoms with Crippen LogP contribution in [0.2, 0.25) is 10.0 Å². The summed E-state index contributed by atoms with van der Waals surface area (Å²) in [6, 6.07) is 20.6. The lowest BCUT2D eigenvalue weighted by atomic mass is 10.1. The second-order valence-corrected chi connectivity index (χ2v) is 7.22. The number of nitrogen functional groups attached to an aromatic ring is 1. The Labute approximate surface area is 178 Å². The van der Waals surface area contributed by atoms with Crippen molar-refractivity contribution in [1.82, 2.24) is 4.98 Å². The summed E-state index contributed by atoms with van der Waals surface area (Å²) < 4.78 is 5.38. The highest BCUT2D eigenvalue weighted by Crippen LogP contribution is 2.34. The van der Waals surface area contributed by atoms with E-state index in [-0.39, 0.29) is 0 Å². The minimum atomic E-state index is 0.475.